The summed E-state index contributed by atoms with van der Waals surface area (Å²) in [5.74, 6) is 0.958. The van der Waals surface area contributed by atoms with Crippen molar-refractivity contribution in [3.63, 3.8) is 0 Å². The molecule has 0 radical (unpaired) electrons. The van der Waals surface area contributed by atoms with Crippen LogP contribution in [0.25, 0.3) is 0 Å². The first-order valence-electron chi connectivity index (χ1n) is 10.1. The van der Waals surface area contributed by atoms with E-state index in [1.165, 1.54) is 16.7 Å². The van der Waals surface area contributed by atoms with Crippen LogP contribution in [0.1, 0.15) is 41.9 Å². The van der Waals surface area contributed by atoms with Crippen LogP contribution in [0.3, 0.4) is 0 Å². The highest BCUT2D eigenvalue weighted by molar-refractivity contribution is 5.83. The molecule has 5 heteroatoms. The van der Waals surface area contributed by atoms with Crippen LogP contribution >= 0.6 is 0 Å². The maximum absolute atomic E-state index is 13.0. The van der Waals surface area contributed by atoms with Gasteiger partial charge in [0.1, 0.15) is 6.04 Å². The van der Waals surface area contributed by atoms with Gasteiger partial charge in [-0.25, -0.2) is 5.43 Å². The number of hydrogen-bond acceptors (Lipinski definition) is 4. The summed E-state index contributed by atoms with van der Waals surface area (Å²) in [7, 11) is 0. The maximum Gasteiger partial charge on any atom is 0.239 e. The van der Waals surface area contributed by atoms with Crippen LogP contribution in [-0.4, -0.2) is 29.0 Å². The molecule has 5 nitrogen and oxygen atoms in total. The SMILES string of the molecule is O=C(NC1Cc2ccccc2C1)C1NNC2CCC(c3cccnc3)CC21. The molecular formula is C22H26N4O. The van der Waals surface area contributed by atoms with E-state index < -0.39 is 0 Å². The van der Waals surface area contributed by atoms with E-state index in [9.17, 15) is 4.79 Å². The van der Waals surface area contributed by atoms with Crippen LogP contribution in [0.4, 0.5) is 0 Å². The lowest BCUT2D eigenvalue weighted by atomic mass is 9.73. The van der Waals surface area contributed by atoms with Gasteiger partial charge in [0.05, 0.1) is 0 Å². The quantitative estimate of drug-likeness (QED) is 0.782. The number of hydrazine groups is 1. The molecule has 3 N–H and O–H groups in total. The van der Waals surface area contributed by atoms with Gasteiger partial charge in [0.2, 0.25) is 5.91 Å². The first-order valence-corrected chi connectivity index (χ1v) is 10.1. The van der Waals surface area contributed by atoms with E-state index in [-0.39, 0.29) is 18.0 Å². The minimum Gasteiger partial charge on any atom is -0.351 e. The van der Waals surface area contributed by atoms with Crippen molar-refractivity contribution in [2.24, 2.45) is 5.92 Å². The first kappa shape index (κ1) is 16.9. The summed E-state index contributed by atoms with van der Waals surface area (Å²) in [5, 5.41) is 3.30. The Bertz CT molecular complexity index is 799. The fraction of sp³-hybridized carbons (Fsp3) is 0.455. The van der Waals surface area contributed by atoms with Crippen molar-refractivity contribution in [1.82, 2.24) is 21.2 Å². The fourth-order valence-corrected chi connectivity index (χ4v) is 5.19. The Morgan fingerprint density at radius 3 is 2.59 bits per heavy atom. The monoisotopic (exact) mass is 362 g/mol. The van der Waals surface area contributed by atoms with Gasteiger partial charge in [-0.2, -0.15) is 0 Å². The third-order valence-corrected chi connectivity index (χ3v) is 6.59. The Morgan fingerprint density at radius 2 is 1.85 bits per heavy atom. The van der Waals surface area contributed by atoms with Crippen molar-refractivity contribution in [2.45, 2.75) is 56.1 Å². The Balaban J connectivity index is 1.25. The van der Waals surface area contributed by atoms with Crippen LogP contribution in [0.15, 0.2) is 48.8 Å². The summed E-state index contributed by atoms with van der Waals surface area (Å²) in [4.78, 5) is 17.3. The van der Waals surface area contributed by atoms with E-state index in [1.54, 1.807) is 0 Å². The third-order valence-electron chi connectivity index (χ3n) is 6.59. The van der Waals surface area contributed by atoms with Crippen LogP contribution in [0, 0.1) is 5.92 Å². The summed E-state index contributed by atoms with van der Waals surface area (Å²) >= 11 is 0. The van der Waals surface area contributed by atoms with Crippen LogP contribution in [0.5, 0.6) is 0 Å². The molecule has 2 aliphatic carbocycles. The minimum atomic E-state index is -0.154. The highest BCUT2D eigenvalue weighted by Crippen LogP contribution is 2.39. The molecule has 1 saturated heterocycles. The highest BCUT2D eigenvalue weighted by Gasteiger charge is 2.44. The second kappa shape index (κ2) is 7.06. The number of nitrogens with one attached hydrogen (secondary N) is 3. The molecule has 2 fully saturated rings. The van der Waals surface area contributed by atoms with Crippen molar-refractivity contribution in [3.8, 4) is 0 Å². The van der Waals surface area contributed by atoms with Gasteiger partial charge in [0.25, 0.3) is 0 Å². The minimum absolute atomic E-state index is 0.139. The van der Waals surface area contributed by atoms with E-state index >= 15 is 0 Å². The van der Waals surface area contributed by atoms with Crippen molar-refractivity contribution < 1.29 is 4.79 Å². The molecule has 0 bridgehead atoms. The maximum atomic E-state index is 13.0. The normalized spacial score (nSPS) is 29.9. The Labute approximate surface area is 159 Å². The second-order valence-corrected chi connectivity index (χ2v) is 8.22. The average Bonchev–Trinajstić information content (AvgIpc) is 3.31. The standard InChI is InChI=1S/C22H26N4O/c27-22(24-18-10-14-4-1-2-5-15(14)11-18)21-19-12-16(7-8-20(19)25-26-21)17-6-3-9-23-13-17/h1-6,9,13,16,18-21,25-26H,7-8,10-12H2,(H,24,27). The van der Waals surface area contributed by atoms with Crippen molar-refractivity contribution in [3.05, 3.63) is 65.5 Å². The van der Waals surface area contributed by atoms with Gasteiger partial charge in [0.15, 0.2) is 0 Å². The van der Waals surface area contributed by atoms with Gasteiger partial charge in [-0.05, 0) is 60.8 Å². The number of pyridine rings is 1. The molecule has 1 aromatic carbocycles. The zero-order valence-electron chi connectivity index (χ0n) is 15.4. The molecule has 5 rings (SSSR count). The molecule has 1 amide bonds. The van der Waals surface area contributed by atoms with E-state index in [0.29, 0.717) is 17.9 Å². The summed E-state index contributed by atoms with van der Waals surface area (Å²) < 4.78 is 0. The van der Waals surface area contributed by atoms with Crippen LogP contribution in [-0.2, 0) is 17.6 Å². The number of rotatable bonds is 3. The van der Waals surface area contributed by atoms with E-state index in [2.05, 4.69) is 51.5 Å². The zero-order chi connectivity index (χ0) is 18.2. The molecular weight excluding hydrogens is 336 g/mol. The lowest BCUT2D eigenvalue weighted by molar-refractivity contribution is -0.124. The topological polar surface area (TPSA) is 66.1 Å². The van der Waals surface area contributed by atoms with Crippen molar-refractivity contribution in [1.29, 1.82) is 0 Å². The van der Waals surface area contributed by atoms with Gasteiger partial charge in [-0.1, -0.05) is 30.3 Å². The van der Waals surface area contributed by atoms with Gasteiger partial charge < -0.3 is 5.32 Å². The lowest BCUT2D eigenvalue weighted by Gasteiger charge is -2.33. The average molecular weight is 362 g/mol. The molecule has 0 spiro atoms. The van der Waals surface area contributed by atoms with Crippen LogP contribution < -0.4 is 16.2 Å². The summed E-state index contributed by atoms with van der Waals surface area (Å²) in [5.41, 5.74) is 10.7. The number of hydrogen-bond donors (Lipinski definition) is 3. The number of aromatic nitrogens is 1. The molecule has 2 aromatic rings. The highest BCUT2D eigenvalue weighted by atomic mass is 16.2. The summed E-state index contributed by atoms with van der Waals surface area (Å²) in [6.07, 6.45) is 8.95. The molecule has 1 saturated carbocycles. The van der Waals surface area contributed by atoms with Gasteiger partial charge in [0, 0.05) is 30.4 Å². The van der Waals surface area contributed by atoms with Gasteiger partial charge >= 0.3 is 0 Å². The van der Waals surface area contributed by atoms with Crippen molar-refractivity contribution >= 4 is 5.91 Å². The number of fused-ring (bicyclic) bond motifs is 2. The third kappa shape index (κ3) is 3.26. The fourth-order valence-electron chi connectivity index (χ4n) is 5.19. The first-order chi connectivity index (χ1) is 13.3. The molecule has 4 unspecified atom stereocenters. The number of benzene rings is 1. The molecule has 4 atom stereocenters. The number of carbonyl (C=O) groups is 1. The predicted octanol–water partition coefficient (Wildman–Crippen LogP) is 2.09. The molecule has 27 heavy (non-hydrogen) atoms. The lowest BCUT2D eigenvalue weighted by Crippen LogP contribution is -2.49. The van der Waals surface area contributed by atoms with E-state index in [4.69, 9.17) is 0 Å². The summed E-state index contributed by atoms with van der Waals surface area (Å²) in [6, 6.07) is 13.1. The molecule has 3 aliphatic rings. The number of amides is 1. The van der Waals surface area contributed by atoms with Gasteiger partial charge in [-0.15, -0.1) is 0 Å². The Kier molecular flexibility index (Phi) is 4.42. The smallest absolute Gasteiger partial charge is 0.239 e. The number of nitrogens with zero attached hydrogens (tertiary/aromatic N) is 1. The van der Waals surface area contributed by atoms with E-state index in [0.717, 1.165) is 32.1 Å². The predicted molar refractivity (Wildman–Crippen MR) is 104 cm³/mol. The number of carbonyl (C=O) groups excluding carboxylic acids is 1. The molecule has 140 valence electrons. The second-order valence-electron chi connectivity index (χ2n) is 8.22. The summed E-state index contributed by atoms with van der Waals surface area (Å²) in [6.45, 7) is 0. The molecule has 1 aliphatic heterocycles. The largest absolute Gasteiger partial charge is 0.351 e. The Morgan fingerprint density at radius 1 is 1.04 bits per heavy atom. The Hall–Kier alpha value is -2.24. The molecule has 1 aromatic heterocycles. The molecule has 2 heterocycles. The van der Waals surface area contributed by atoms with Crippen molar-refractivity contribution in [2.75, 3.05) is 0 Å². The van der Waals surface area contributed by atoms with Crippen LogP contribution in [0.2, 0.25) is 0 Å². The zero-order valence-corrected chi connectivity index (χ0v) is 15.4. The van der Waals surface area contributed by atoms with E-state index in [1.807, 2.05) is 18.5 Å². The van der Waals surface area contributed by atoms with Gasteiger partial charge in [-0.3, -0.25) is 15.2 Å².